The predicted octanol–water partition coefficient (Wildman–Crippen LogP) is 1.56. The van der Waals surface area contributed by atoms with Crippen molar-refractivity contribution in [3.63, 3.8) is 0 Å². The summed E-state index contributed by atoms with van der Waals surface area (Å²) in [6.45, 7) is 1.73. The standard InChI is InChI=1S/C17H19N3O3/c1-20-12-14(11-19-20)3-5-17(21)18-7-6-13-2-4-15-16(10-13)23-9-8-22-15/h2-5,10-12H,6-9H2,1H3,(H,18,21)/b5-3+. The van der Waals surface area contributed by atoms with Gasteiger partial charge in [0.15, 0.2) is 11.5 Å². The Hall–Kier alpha value is -2.76. The largest absolute Gasteiger partial charge is 0.486 e. The molecule has 0 saturated heterocycles. The second kappa shape index (κ2) is 7.00. The van der Waals surface area contributed by atoms with E-state index in [1.54, 1.807) is 17.0 Å². The van der Waals surface area contributed by atoms with E-state index < -0.39 is 0 Å². The van der Waals surface area contributed by atoms with Crippen molar-refractivity contribution >= 4 is 12.0 Å². The van der Waals surface area contributed by atoms with Gasteiger partial charge >= 0.3 is 0 Å². The molecule has 120 valence electrons. The van der Waals surface area contributed by atoms with Gasteiger partial charge in [-0.1, -0.05) is 6.07 Å². The highest BCUT2D eigenvalue weighted by atomic mass is 16.6. The Morgan fingerprint density at radius 3 is 2.96 bits per heavy atom. The zero-order valence-corrected chi connectivity index (χ0v) is 13.0. The first-order chi connectivity index (χ1) is 11.2. The first kappa shape index (κ1) is 15.1. The highest BCUT2D eigenvalue weighted by Gasteiger charge is 2.11. The zero-order chi connectivity index (χ0) is 16.1. The van der Waals surface area contributed by atoms with Gasteiger partial charge in [-0.15, -0.1) is 0 Å². The van der Waals surface area contributed by atoms with Gasteiger partial charge in [-0.3, -0.25) is 9.48 Å². The van der Waals surface area contributed by atoms with Crippen LogP contribution in [0.1, 0.15) is 11.1 Å². The number of nitrogens with one attached hydrogen (secondary N) is 1. The molecule has 3 rings (SSSR count). The summed E-state index contributed by atoms with van der Waals surface area (Å²) in [5, 5.41) is 6.91. The van der Waals surface area contributed by atoms with Crippen LogP contribution < -0.4 is 14.8 Å². The molecule has 1 aliphatic heterocycles. The van der Waals surface area contributed by atoms with Gasteiger partial charge in [-0.05, 0) is 30.2 Å². The molecule has 6 heteroatoms. The van der Waals surface area contributed by atoms with Crippen LogP contribution in [0.2, 0.25) is 0 Å². The molecule has 0 fully saturated rings. The normalized spacial score (nSPS) is 13.3. The van der Waals surface area contributed by atoms with Crippen molar-refractivity contribution in [1.82, 2.24) is 15.1 Å². The van der Waals surface area contributed by atoms with Crippen LogP contribution in [0.5, 0.6) is 11.5 Å². The molecule has 2 aromatic rings. The smallest absolute Gasteiger partial charge is 0.244 e. The van der Waals surface area contributed by atoms with E-state index in [9.17, 15) is 4.79 Å². The molecule has 1 aromatic carbocycles. The van der Waals surface area contributed by atoms with Crippen LogP contribution in [0.25, 0.3) is 6.08 Å². The zero-order valence-electron chi connectivity index (χ0n) is 13.0. The number of rotatable bonds is 5. The van der Waals surface area contributed by atoms with Crippen LogP contribution in [0.15, 0.2) is 36.7 Å². The second-order valence-electron chi connectivity index (χ2n) is 5.30. The number of carbonyl (C=O) groups is 1. The average Bonchev–Trinajstić information content (AvgIpc) is 2.98. The summed E-state index contributed by atoms with van der Waals surface area (Å²) in [6, 6.07) is 5.87. The molecule has 6 nitrogen and oxygen atoms in total. The lowest BCUT2D eigenvalue weighted by Crippen LogP contribution is -2.23. The highest BCUT2D eigenvalue weighted by Crippen LogP contribution is 2.30. The van der Waals surface area contributed by atoms with Crippen molar-refractivity contribution in [2.45, 2.75) is 6.42 Å². The summed E-state index contributed by atoms with van der Waals surface area (Å²) in [5.41, 5.74) is 2.00. The Kier molecular flexibility index (Phi) is 4.61. The Bertz CT molecular complexity index is 722. The number of benzene rings is 1. The molecule has 1 N–H and O–H groups in total. The molecule has 0 unspecified atom stereocenters. The van der Waals surface area contributed by atoms with Crippen molar-refractivity contribution in [2.75, 3.05) is 19.8 Å². The van der Waals surface area contributed by atoms with Crippen LogP contribution >= 0.6 is 0 Å². The predicted molar refractivity (Wildman–Crippen MR) is 86.4 cm³/mol. The van der Waals surface area contributed by atoms with Gasteiger partial charge in [0.2, 0.25) is 5.91 Å². The van der Waals surface area contributed by atoms with Crippen molar-refractivity contribution in [3.8, 4) is 11.5 Å². The highest BCUT2D eigenvalue weighted by molar-refractivity contribution is 5.91. The summed E-state index contributed by atoms with van der Waals surface area (Å²) in [4.78, 5) is 11.8. The maximum atomic E-state index is 11.8. The fraction of sp³-hybridized carbons (Fsp3) is 0.294. The van der Waals surface area contributed by atoms with Crippen LogP contribution in [0, 0.1) is 0 Å². The lowest BCUT2D eigenvalue weighted by Gasteiger charge is -2.18. The number of nitrogens with zero attached hydrogens (tertiary/aromatic N) is 2. The summed E-state index contributed by atoms with van der Waals surface area (Å²) in [5.74, 6) is 1.44. The molecular weight excluding hydrogens is 294 g/mol. The molecule has 0 radical (unpaired) electrons. The number of amides is 1. The van der Waals surface area contributed by atoms with Gasteiger partial charge in [0, 0.05) is 31.4 Å². The quantitative estimate of drug-likeness (QED) is 0.851. The molecule has 0 spiro atoms. The molecule has 2 heterocycles. The molecule has 23 heavy (non-hydrogen) atoms. The third-order valence-corrected chi connectivity index (χ3v) is 3.47. The van der Waals surface area contributed by atoms with E-state index >= 15 is 0 Å². The average molecular weight is 313 g/mol. The Labute approximate surface area is 134 Å². The molecular formula is C17H19N3O3. The summed E-state index contributed by atoms with van der Waals surface area (Å²) in [6.07, 6.45) is 7.55. The fourth-order valence-corrected chi connectivity index (χ4v) is 2.33. The third-order valence-electron chi connectivity index (χ3n) is 3.47. The minimum atomic E-state index is -0.119. The summed E-state index contributed by atoms with van der Waals surface area (Å²) >= 11 is 0. The Morgan fingerprint density at radius 1 is 1.35 bits per heavy atom. The van der Waals surface area contributed by atoms with Crippen LogP contribution in [-0.4, -0.2) is 35.4 Å². The van der Waals surface area contributed by atoms with E-state index in [-0.39, 0.29) is 5.91 Å². The van der Waals surface area contributed by atoms with E-state index in [1.807, 2.05) is 31.4 Å². The molecule has 0 bridgehead atoms. The topological polar surface area (TPSA) is 65.4 Å². The number of aryl methyl sites for hydroxylation is 1. The van der Waals surface area contributed by atoms with Crippen molar-refractivity contribution in [2.24, 2.45) is 7.05 Å². The Morgan fingerprint density at radius 2 is 2.17 bits per heavy atom. The van der Waals surface area contributed by atoms with E-state index in [2.05, 4.69) is 10.4 Å². The number of aromatic nitrogens is 2. The lowest BCUT2D eigenvalue weighted by atomic mass is 10.1. The van der Waals surface area contributed by atoms with Crippen molar-refractivity contribution in [1.29, 1.82) is 0 Å². The lowest BCUT2D eigenvalue weighted by molar-refractivity contribution is -0.116. The minimum absolute atomic E-state index is 0.119. The SMILES string of the molecule is Cn1cc(/C=C/C(=O)NCCc2ccc3c(c2)OCCO3)cn1. The van der Waals surface area contributed by atoms with Crippen LogP contribution in [0.4, 0.5) is 0 Å². The van der Waals surface area contributed by atoms with Gasteiger partial charge in [0.25, 0.3) is 0 Å². The fourth-order valence-electron chi connectivity index (χ4n) is 2.33. The number of hydrogen-bond donors (Lipinski definition) is 1. The summed E-state index contributed by atoms with van der Waals surface area (Å²) in [7, 11) is 1.84. The number of hydrogen-bond acceptors (Lipinski definition) is 4. The Balaban J connectivity index is 1.47. The first-order valence-electron chi connectivity index (χ1n) is 7.54. The number of carbonyl (C=O) groups excluding carboxylic acids is 1. The first-order valence-corrected chi connectivity index (χ1v) is 7.54. The van der Waals surface area contributed by atoms with E-state index in [1.165, 1.54) is 6.08 Å². The van der Waals surface area contributed by atoms with Gasteiger partial charge in [0.05, 0.1) is 6.20 Å². The third kappa shape index (κ3) is 4.12. The van der Waals surface area contributed by atoms with Gasteiger partial charge < -0.3 is 14.8 Å². The second-order valence-corrected chi connectivity index (χ2v) is 5.30. The van der Waals surface area contributed by atoms with E-state index in [0.29, 0.717) is 19.8 Å². The summed E-state index contributed by atoms with van der Waals surface area (Å²) < 4.78 is 12.7. The maximum Gasteiger partial charge on any atom is 0.244 e. The molecule has 1 aromatic heterocycles. The van der Waals surface area contributed by atoms with E-state index in [4.69, 9.17) is 9.47 Å². The van der Waals surface area contributed by atoms with Crippen molar-refractivity contribution < 1.29 is 14.3 Å². The van der Waals surface area contributed by atoms with Gasteiger partial charge in [-0.2, -0.15) is 5.10 Å². The minimum Gasteiger partial charge on any atom is -0.486 e. The van der Waals surface area contributed by atoms with Gasteiger partial charge in [0.1, 0.15) is 13.2 Å². The number of fused-ring (bicyclic) bond motifs is 1. The van der Waals surface area contributed by atoms with Crippen LogP contribution in [0.3, 0.4) is 0 Å². The molecule has 0 saturated carbocycles. The monoisotopic (exact) mass is 313 g/mol. The molecule has 0 aliphatic carbocycles. The van der Waals surface area contributed by atoms with E-state index in [0.717, 1.165) is 29.0 Å². The van der Waals surface area contributed by atoms with Gasteiger partial charge in [-0.25, -0.2) is 0 Å². The van der Waals surface area contributed by atoms with Crippen LogP contribution in [-0.2, 0) is 18.3 Å². The molecule has 1 aliphatic rings. The maximum absolute atomic E-state index is 11.8. The number of ether oxygens (including phenoxy) is 2. The molecule has 0 atom stereocenters. The van der Waals surface area contributed by atoms with Crippen molar-refractivity contribution in [3.05, 3.63) is 47.8 Å². The molecule has 1 amide bonds.